The number of halogens is 1. The van der Waals surface area contributed by atoms with Crippen molar-refractivity contribution in [3.8, 4) is 11.3 Å². The van der Waals surface area contributed by atoms with Crippen LogP contribution in [0.4, 0.5) is 10.1 Å². The molecule has 2 N–H and O–H groups in total. The van der Waals surface area contributed by atoms with Gasteiger partial charge in [0.05, 0.1) is 22.5 Å². The minimum absolute atomic E-state index is 0.133. The van der Waals surface area contributed by atoms with Gasteiger partial charge in [-0.15, -0.1) is 0 Å². The molecule has 0 aliphatic carbocycles. The molecule has 3 aromatic rings. The summed E-state index contributed by atoms with van der Waals surface area (Å²) >= 11 is 0. The van der Waals surface area contributed by atoms with Gasteiger partial charge in [0, 0.05) is 11.7 Å². The summed E-state index contributed by atoms with van der Waals surface area (Å²) in [6.45, 7) is 7.10. The van der Waals surface area contributed by atoms with E-state index >= 15 is 0 Å². The third-order valence-electron chi connectivity index (χ3n) is 3.73. The second-order valence-corrected chi connectivity index (χ2v) is 5.63. The maximum absolute atomic E-state index is 13.1. The maximum Gasteiger partial charge on any atom is 0.130 e. The molecule has 0 aliphatic heterocycles. The van der Waals surface area contributed by atoms with E-state index in [0.29, 0.717) is 28.2 Å². The number of nitrogen functional groups attached to an aromatic ring is 1. The van der Waals surface area contributed by atoms with Gasteiger partial charge in [-0.3, -0.25) is 4.68 Å². The number of nitrogens with two attached hydrogens (primary N) is 1. The highest BCUT2D eigenvalue weighted by Gasteiger charge is 2.23. The molecule has 0 spiro atoms. The van der Waals surface area contributed by atoms with E-state index in [1.807, 2.05) is 32.4 Å². The molecule has 0 radical (unpaired) electrons. The van der Waals surface area contributed by atoms with Gasteiger partial charge in [-0.25, -0.2) is 9.37 Å². The van der Waals surface area contributed by atoms with Gasteiger partial charge >= 0.3 is 0 Å². The van der Waals surface area contributed by atoms with Crippen LogP contribution in [0.3, 0.4) is 0 Å². The van der Waals surface area contributed by atoms with E-state index in [9.17, 15) is 4.39 Å². The van der Waals surface area contributed by atoms with Crippen molar-refractivity contribution in [2.45, 2.75) is 40.4 Å². The van der Waals surface area contributed by atoms with Gasteiger partial charge in [0.15, 0.2) is 0 Å². The largest absolute Gasteiger partial charge is 0.396 e. The molecule has 3 aromatic heterocycles. The van der Waals surface area contributed by atoms with Gasteiger partial charge in [-0.05, 0) is 27.7 Å². The van der Waals surface area contributed by atoms with Crippen molar-refractivity contribution in [2.75, 3.05) is 5.73 Å². The number of nitrogens with zero attached hydrogens (tertiary/aromatic N) is 4. The number of rotatable bonds is 3. The Morgan fingerprint density at radius 3 is 2.68 bits per heavy atom. The lowest BCUT2D eigenvalue weighted by atomic mass is 10.0. The number of aromatic nitrogens is 4. The molecule has 0 unspecified atom stereocenters. The van der Waals surface area contributed by atoms with Crippen LogP contribution in [0.1, 0.15) is 36.8 Å². The van der Waals surface area contributed by atoms with E-state index in [4.69, 9.17) is 10.3 Å². The fourth-order valence-electron chi connectivity index (χ4n) is 2.69. The summed E-state index contributed by atoms with van der Waals surface area (Å²) in [5, 5.41) is 8.41. The lowest BCUT2D eigenvalue weighted by Gasteiger charge is -2.12. The molecule has 3 rings (SSSR count). The molecule has 116 valence electrons. The van der Waals surface area contributed by atoms with E-state index in [1.165, 1.54) is 6.26 Å². The molecular weight excluding hydrogens is 285 g/mol. The fourth-order valence-corrected chi connectivity index (χ4v) is 2.69. The first-order valence-electron chi connectivity index (χ1n) is 7.10. The van der Waals surface area contributed by atoms with Crippen LogP contribution < -0.4 is 5.73 Å². The second kappa shape index (κ2) is 5.08. The fraction of sp³-hybridized carbons (Fsp3) is 0.400. The molecule has 0 saturated heterocycles. The Labute approximate surface area is 127 Å². The number of alkyl halides is 1. The zero-order chi connectivity index (χ0) is 16.0. The zero-order valence-electron chi connectivity index (χ0n) is 13.0. The van der Waals surface area contributed by atoms with Crippen LogP contribution in [-0.4, -0.2) is 19.9 Å². The number of aryl methyl sites for hydroxylation is 2. The van der Waals surface area contributed by atoms with Crippen molar-refractivity contribution < 1.29 is 8.91 Å². The van der Waals surface area contributed by atoms with Gasteiger partial charge in [0.25, 0.3) is 0 Å². The standard InChI is InChI=1S/C15H18FN5O/c1-7(2)21-15-12(17)11(14-10(5-16)6-22-20-14)8(3)18-13(15)9(4)19-21/h6-7H,5H2,1-4H3,(H2,17,18). The van der Waals surface area contributed by atoms with Crippen LogP contribution in [0.2, 0.25) is 0 Å². The third-order valence-corrected chi connectivity index (χ3v) is 3.73. The molecule has 0 atom stereocenters. The minimum atomic E-state index is -0.668. The van der Waals surface area contributed by atoms with Crippen molar-refractivity contribution in [2.24, 2.45) is 0 Å². The Morgan fingerprint density at radius 1 is 1.32 bits per heavy atom. The first-order valence-corrected chi connectivity index (χ1v) is 7.10. The molecule has 0 aromatic carbocycles. The number of anilines is 1. The number of pyridine rings is 1. The maximum atomic E-state index is 13.1. The highest BCUT2D eigenvalue weighted by atomic mass is 19.1. The molecule has 22 heavy (non-hydrogen) atoms. The molecule has 3 heterocycles. The molecule has 0 amide bonds. The number of fused-ring (bicyclic) bond motifs is 1. The summed E-state index contributed by atoms with van der Waals surface area (Å²) in [6, 6.07) is 0.133. The van der Waals surface area contributed by atoms with Crippen molar-refractivity contribution in [1.82, 2.24) is 19.9 Å². The van der Waals surface area contributed by atoms with E-state index in [0.717, 1.165) is 16.7 Å². The number of hydrogen-bond acceptors (Lipinski definition) is 5. The molecule has 0 fully saturated rings. The van der Waals surface area contributed by atoms with Crippen LogP contribution in [0.25, 0.3) is 22.3 Å². The Bertz CT molecular complexity index is 849. The summed E-state index contributed by atoms with van der Waals surface area (Å²) in [5.41, 5.74) is 11.3. The van der Waals surface area contributed by atoms with Gasteiger partial charge in [-0.2, -0.15) is 5.10 Å². The van der Waals surface area contributed by atoms with E-state index in [-0.39, 0.29) is 6.04 Å². The Balaban J connectivity index is 2.39. The lowest BCUT2D eigenvalue weighted by molar-refractivity contribution is 0.416. The van der Waals surface area contributed by atoms with Gasteiger partial charge in [0.1, 0.15) is 29.7 Å². The van der Waals surface area contributed by atoms with Crippen LogP contribution in [0, 0.1) is 13.8 Å². The normalized spacial score (nSPS) is 11.7. The van der Waals surface area contributed by atoms with Crippen molar-refractivity contribution in [3.63, 3.8) is 0 Å². The summed E-state index contributed by atoms with van der Waals surface area (Å²) in [6.07, 6.45) is 1.30. The average Bonchev–Trinajstić information content (AvgIpc) is 3.04. The Hall–Kier alpha value is -2.44. The van der Waals surface area contributed by atoms with E-state index in [2.05, 4.69) is 15.2 Å². The summed E-state index contributed by atoms with van der Waals surface area (Å²) in [7, 11) is 0. The van der Waals surface area contributed by atoms with Gasteiger partial charge < -0.3 is 10.3 Å². The average molecular weight is 303 g/mol. The molecule has 0 aliphatic rings. The predicted molar refractivity (Wildman–Crippen MR) is 82.1 cm³/mol. The Morgan fingerprint density at radius 2 is 2.05 bits per heavy atom. The van der Waals surface area contributed by atoms with Crippen molar-refractivity contribution in [3.05, 3.63) is 23.2 Å². The molecule has 6 nitrogen and oxygen atoms in total. The minimum Gasteiger partial charge on any atom is -0.396 e. The van der Waals surface area contributed by atoms with Crippen molar-refractivity contribution in [1.29, 1.82) is 0 Å². The predicted octanol–water partition coefficient (Wildman–Crippen LogP) is 3.34. The van der Waals surface area contributed by atoms with Crippen LogP contribution >= 0.6 is 0 Å². The third kappa shape index (κ3) is 1.96. The van der Waals surface area contributed by atoms with Crippen LogP contribution in [0.5, 0.6) is 0 Å². The first kappa shape index (κ1) is 14.5. The Kier molecular flexibility index (Phi) is 3.35. The lowest BCUT2D eigenvalue weighted by Crippen LogP contribution is -2.06. The molecule has 0 saturated carbocycles. The van der Waals surface area contributed by atoms with Crippen LogP contribution in [-0.2, 0) is 6.67 Å². The van der Waals surface area contributed by atoms with E-state index in [1.54, 1.807) is 0 Å². The molecule has 0 bridgehead atoms. The smallest absolute Gasteiger partial charge is 0.130 e. The van der Waals surface area contributed by atoms with Gasteiger partial charge in [0.2, 0.25) is 0 Å². The number of hydrogen-bond donors (Lipinski definition) is 1. The first-order chi connectivity index (χ1) is 10.5. The SMILES string of the molecule is Cc1nc2c(C)nn(C(C)C)c2c(N)c1-c1nocc1CF. The van der Waals surface area contributed by atoms with Crippen molar-refractivity contribution >= 4 is 16.7 Å². The summed E-state index contributed by atoms with van der Waals surface area (Å²) in [4.78, 5) is 4.60. The van der Waals surface area contributed by atoms with E-state index < -0.39 is 6.67 Å². The quantitative estimate of drug-likeness (QED) is 0.802. The van der Waals surface area contributed by atoms with Crippen LogP contribution in [0.15, 0.2) is 10.8 Å². The monoisotopic (exact) mass is 303 g/mol. The summed E-state index contributed by atoms with van der Waals surface area (Å²) < 4.78 is 19.9. The second-order valence-electron chi connectivity index (χ2n) is 5.63. The highest BCUT2D eigenvalue weighted by molar-refractivity contribution is 5.97. The topological polar surface area (TPSA) is 82.8 Å². The molecular formula is C15H18FN5O. The zero-order valence-corrected chi connectivity index (χ0v) is 13.0. The van der Waals surface area contributed by atoms with Gasteiger partial charge in [-0.1, -0.05) is 5.16 Å². The molecule has 7 heteroatoms. The highest BCUT2D eigenvalue weighted by Crippen LogP contribution is 2.37. The summed E-state index contributed by atoms with van der Waals surface area (Å²) in [5.74, 6) is 0.